The van der Waals surface area contributed by atoms with Gasteiger partial charge < -0.3 is 20.5 Å². The van der Waals surface area contributed by atoms with Gasteiger partial charge in [0.2, 0.25) is 5.91 Å². The summed E-state index contributed by atoms with van der Waals surface area (Å²) in [5, 5.41) is 14.5. The number of hydrogen-bond donors (Lipinski definition) is 3. The maximum absolute atomic E-state index is 12.3. The lowest BCUT2D eigenvalue weighted by Crippen LogP contribution is -2.28. The first-order valence-corrected chi connectivity index (χ1v) is 12.0. The Labute approximate surface area is 199 Å². The molecule has 0 radical (unpaired) electrons. The van der Waals surface area contributed by atoms with Crippen molar-refractivity contribution in [2.24, 2.45) is 17.8 Å². The third-order valence-corrected chi connectivity index (χ3v) is 6.92. The van der Waals surface area contributed by atoms with Gasteiger partial charge in [-0.25, -0.2) is 4.79 Å². The largest absolute Gasteiger partial charge is 0.481 e. The molecule has 34 heavy (non-hydrogen) atoms. The summed E-state index contributed by atoms with van der Waals surface area (Å²) in [6, 6.07) is 16.5. The van der Waals surface area contributed by atoms with Gasteiger partial charge in [0.1, 0.15) is 6.61 Å². The van der Waals surface area contributed by atoms with E-state index in [2.05, 4.69) is 34.9 Å². The molecule has 0 bridgehead atoms. The molecule has 0 saturated heterocycles. The van der Waals surface area contributed by atoms with E-state index in [9.17, 15) is 14.4 Å². The summed E-state index contributed by atoms with van der Waals surface area (Å²) in [6.07, 6.45) is 2.08. The van der Waals surface area contributed by atoms with Crippen molar-refractivity contribution >= 4 is 18.0 Å². The van der Waals surface area contributed by atoms with Crippen LogP contribution in [0.2, 0.25) is 0 Å². The summed E-state index contributed by atoms with van der Waals surface area (Å²) in [6.45, 7) is 3.27. The fourth-order valence-corrected chi connectivity index (χ4v) is 4.70. The molecule has 2 amide bonds. The highest BCUT2D eigenvalue weighted by Crippen LogP contribution is 2.44. The van der Waals surface area contributed by atoms with Gasteiger partial charge in [0, 0.05) is 25.4 Å². The number of carbonyl (C=O) groups is 3. The van der Waals surface area contributed by atoms with Crippen LogP contribution in [0.5, 0.6) is 0 Å². The lowest BCUT2D eigenvalue weighted by molar-refractivity contribution is -0.139. The van der Waals surface area contributed by atoms with Gasteiger partial charge in [0.25, 0.3) is 0 Å². The van der Waals surface area contributed by atoms with Crippen LogP contribution in [0, 0.1) is 17.8 Å². The molecular formula is C27H32N2O5. The van der Waals surface area contributed by atoms with Crippen LogP contribution in [0.1, 0.15) is 49.7 Å². The van der Waals surface area contributed by atoms with E-state index in [1.807, 2.05) is 31.2 Å². The lowest BCUT2D eigenvalue weighted by Gasteiger charge is -2.15. The molecule has 3 N–H and O–H groups in total. The second-order valence-corrected chi connectivity index (χ2v) is 9.43. The molecule has 1 unspecified atom stereocenters. The quantitative estimate of drug-likeness (QED) is 0.463. The molecule has 1 saturated carbocycles. The van der Waals surface area contributed by atoms with Crippen LogP contribution in [-0.2, 0) is 14.3 Å². The summed E-state index contributed by atoms with van der Waals surface area (Å²) >= 11 is 0. The average Bonchev–Trinajstić information content (AvgIpc) is 3.56. The molecule has 180 valence electrons. The molecule has 0 aliphatic heterocycles. The van der Waals surface area contributed by atoms with E-state index < -0.39 is 12.1 Å². The zero-order chi connectivity index (χ0) is 24.1. The molecule has 4 rings (SSSR count). The van der Waals surface area contributed by atoms with Crippen LogP contribution < -0.4 is 10.6 Å². The van der Waals surface area contributed by atoms with Gasteiger partial charge in [-0.15, -0.1) is 0 Å². The molecule has 2 aliphatic rings. The van der Waals surface area contributed by atoms with Gasteiger partial charge in [0.05, 0.1) is 5.92 Å². The number of aliphatic carboxylic acids is 1. The van der Waals surface area contributed by atoms with Crippen LogP contribution in [0.4, 0.5) is 4.79 Å². The van der Waals surface area contributed by atoms with Gasteiger partial charge in [-0.05, 0) is 53.4 Å². The lowest BCUT2D eigenvalue weighted by atomic mass is 9.98. The zero-order valence-corrected chi connectivity index (χ0v) is 19.5. The Hall–Kier alpha value is -3.35. The van der Waals surface area contributed by atoms with E-state index in [-0.39, 0.29) is 29.6 Å². The molecule has 2 aliphatic carbocycles. The first kappa shape index (κ1) is 23.8. The van der Waals surface area contributed by atoms with Crippen LogP contribution >= 0.6 is 0 Å². The Balaban J connectivity index is 1.12. The minimum atomic E-state index is -0.781. The zero-order valence-electron chi connectivity index (χ0n) is 19.5. The normalized spacial score (nSPS) is 19.0. The number of fused-ring (bicyclic) bond motifs is 3. The average molecular weight is 465 g/mol. The third-order valence-electron chi connectivity index (χ3n) is 6.92. The summed E-state index contributed by atoms with van der Waals surface area (Å²) in [4.78, 5) is 35.1. The Bertz CT molecular complexity index is 1010. The standard InChI is InChI=1S/C27H32N2O5/c1-17(10-11-25(30)29-15-18-14-23(18)26(31)32)12-13-28-27(33)34-16-24-21-8-4-2-6-19(21)20-7-3-5-9-22(20)24/h2-9,17-18,23-24H,10-16H2,1H3,(H,28,33)(H,29,30)(H,31,32)/t17?,18-,23-/m0/s1. The molecular weight excluding hydrogens is 432 g/mol. The monoisotopic (exact) mass is 464 g/mol. The molecule has 3 atom stereocenters. The summed E-state index contributed by atoms with van der Waals surface area (Å²) < 4.78 is 5.55. The van der Waals surface area contributed by atoms with Crippen molar-refractivity contribution in [1.82, 2.24) is 10.6 Å². The van der Waals surface area contributed by atoms with E-state index in [4.69, 9.17) is 9.84 Å². The molecule has 0 spiro atoms. The first-order chi connectivity index (χ1) is 16.4. The molecule has 7 heteroatoms. The minimum Gasteiger partial charge on any atom is -0.481 e. The molecule has 1 fully saturated rings. The molecule has 7 nitrogen and oxygen atoms in total. The topological polar surface area (TPSA) is 105 Å². The molecule has 2 aromatic carbocycles. The number of benzene rings is 2. The number of carboxylic acid groups (broad SMARTS) is 1. The number of amides is 2. The second-order valence-electron chi connectivity index (χ2n) is 9.43. The number of carbonyl (C=O) groups excluding carboxylic acids is 2. The van der Waals surface area contributed by atoms with Crippen molar-refractivity contribution in [1.29, 1.82) is 0 Å². The van der Waals surface area contributed by atoms with Crippen LogP contribution in [0.3, 0.4) is 0 Å². The molecule has 2 aromatic rings. The van der Waals surface area contributed by atoms with Gasteiger partial charge in [0.15, 0.2) is 0 Å². The van der Waals surface area contributed by atoms with Crippen LogP contribution in [0.15, 0.2) is 48.5 Å². The maximum atomic E-state index is 12.3. The number of rotatable bonds is 11. The van der Waals surface area contributed by atoms with E-state index in [0.717, 1.165) is 6.42 Å². The van der Waals surface area contributed by atoms with E-state index in [1.54, 1.807) is 0 Å². The minimum absolute atomic E-state index is 0.0389. The SMILES string of the molecule is CC(CCNC(=O)OCC1c2ccccc2-c2ccccc21)CCC(=O)NC[C@@H]1C[C@@H]1C(=O)O. The fraction of sp³-hybridized carbons (Fsp3) is 0.444. The van der Waals surface area contributed by atoms with Gasteiger partial charge >= 0.3 is 12.1 Å². The third kappa shape index (κ3) is 5.76. The summed E-state index contributed by atoms with van der Waals surface area (Å²) in [5.74, 6) is -0.753. The number of ether oxygens (including phenoxy) is 1. The van der Waals surface area contributed by atoms with E-state index in [1.165, 1.54) is 22.3 Å². The highest BCUT2D eigenvalue weighted by Gasteiger charge is 2.42. The second kappa shape index (κ2) is 10.7. The van der Waals surface area contributed by atoms with Gasteiger partial charge in [-0.1, -0.05) is 55.5 Å². The number of hydrogen-bond acceptors (Lipinski definition) is 4. The highest BCUT2D eigenvalue weighted by atomic mass is 16.5. The number of alkyl carbamates (subject to hydrolysis) is 1. The maximum Gasteiger partial charge on any atom is 0.407 e. The Morgan fingerprint density at radius 1 is 1.00 bits per heavy atom. The van der Waals surface area contributed by atoms with E-state index in [0.29, 0.717) is 39.0 Å². The van der Waals surface area contributed by atoms with Crippen molar-refractivity contribution in [3.63, 3.8) is 0 Å². The van der Waals surface area contributed by atoms with Crippen molar-refractivity contribution in [3.8, 4) is 11.1 Å². The Kier molecular flexibility index (Phi) is 7.50. The Morgan fingerprint density at radius 3 is 2.26 bits per heavy atom. The smallest absolute Gasteiger partial charge is 0.407 e. The van der Waals surface area contributed by atoms with Crippen molar-refractivity contribution in [3.05, 3.63) is 59.7 Å². The Morgan fingerprint density at radius 2 is 1.65 bits per heavy atom. The number of nitrogens with one attached hydrogen (secondary N) is 2. The summed E-state index contributed by atoms with van der Waals surface area (Å²) in [5.41, 5.74) is 4.76. The highest BCUT2D eigenvalue weighted by molar-refractivity contribution is 5.79. The molecule has 0 heterocycles. The van der Waals surface area contributed by atoms with Crippen molar-refractivity contribution < 1.29 is 24.2 Å². The van der Waals surface area contributed by atoms with Gasteiger partial charge in [-0.2, -0.15) is 0 Å². The first-order valence-electron chi connectivity index (χ1n) is 12.0. The van der Waals surface area contributed by atoms with Gasteiger partial charge in [-0.3, -0.25) is 9.59 Å². The van der Waals surface area contributed by atoms with E-state index >= 15 is 0 Å². The predicted molar refractivity (Wildman–Crippen MR) is 128 cm³/mol. The predicted octanol–water partition coefficient (Wildman–Crippen LogP) is 4.17. The molecule has 0 aromatic heterocycles. The fourth-order valence-electron chi connectivity index (χ4n) is 4.70. The van der Waals surface area contributed by atoms with Crippen LogP contribution in [-0.4, -0.2) is 42.8 Å². The summed E-state index contributed by atoms with van der Waals surface area (Å²) in [7, 11) is 0. The van der Waals surface area contributed by atoms with Crippen molar-refractivity contribution in [2.45, 2.75) is 38.5 Å². The number of carboxylic acids is 1. The van der Waals surface area contributed by atoms with Crippen LogP contribution in [0.25, 0.3) is 11.1 Å². The van der Waals surface area contributed by atoms with Crippen molar-refractivity contribution in [2.75, 3.05) is 19.7 Å².